The number of carbonyl (C=O) groups is 1. The van der Waals surface area contributed by atoms with Crippen molar-refractivity contribution in [3.05, 3.63) is 42.5 Å². The van der Waals surface area contributed by atoms with Gasteiger partial charge in [-0.05, 0) is 19.1 Å². The molecule has 0 aromatic carbocycles. The highest BCUT2D eigenvalue weighted by molar-refractivity contribution is 6.03. The first-order valence-corrected chi connectivity index (χ1v) is 5.57. The van der Waals surface area contributed by atoms with Crippen LogP contribution >= 0.6 is 0 Å². The van der Waals surface area contributed by atoms with Crippen molar-refractivity contribution in [3.63, 3.8) is 0 Å². The summed E-state index contributed by atoms with van der Waals surface area (Å²) in [5, 5.41) is 5.69. The summed E-state index contributed by atoms with van der Waals surface area (Å²) < 4.78 is 0. The second kappa shape index (κ2) is 5.72. The Morgan fingerprint density at radius 2 is 2.06 bits per heavy atom. The van der Waals surface area contributed by atoms with Crippen LogP contribution in [0.1, 0.15) is 17.3 Å². The number of hydrogen-bond donors (Lipinski definition) is 2. The molecule has 2 heterocycles. The number of anilines is 2. The van der Waals surface area contributed by atoms with Crippen LogP contribution in [0.2, 0.25) is 0 Å². The first kappa shape index (κ1) is 12.0. The van der Waals surface area contributed by atoms with Gasteiger partial charge in [-0.15, -0.1) is 0 Å². The van der Waals surface area contributed by atoms with E-state index >= 15 is 0 Å². The van der Waals surface area contributed by atoms with Crippen LogP contribution in [0, 0.1) is 0 Å². The van der Waals surface area contributed by atoms with Crippen molar-refractivity contribution < 1.29 is 4.79 Å². The van der Waals surface area contributed by atoms with Crippen molar-refractivity contribution >= 4 is 17.5 Å². The number of carbonyl (C=O) groups excluding carboxylic acids is 1. The fourth-order valence-electron chi connectivity index (χ4n) is 1.37. The molecule has 2 aromatic heterocycles. The highest BCUT2D eigenvalue weighted by atomic mass is 16.1. The molecule has 6 heteroatoms. The van der Waals surface area contributed by atoms with Gasteiger partial charge in [-0.1, -0.05) is 0 Å². The van der Waals surface area contributed by atoms with Gasteiger partial charge in [-0.3, -0.25) is 9.78 Å². The van der Waals surface area contributed by atoms with Crippen LogP contribution in [0.25, 0.3) is 0 Å². The quantitative estimate of drug-likeness (QED) is 0.851. The van der Waals surface area contributed by atoms with Gasteiger partial charge in [-0.2, -0.15) is 0 Å². The van der Waals surface area contributed by atoms with Crippen molar-refractivity contribution in [2.75, 3.05) is 17.2 Å². The number of aromatic nitrogens is 3. The van der Waals surface area contributed by atoms with Gasteiger partial charge >= 0.3 is 0 Å². The van der Waals surface area contributed by atoms with Gasteiger partial charge in [0.2, 0.25) is 0 Å². The third kappa shape index (κ3) is 3.00. The fourth-order valence-corrected chi connectivity index (χ4v) is 1.37. The molecule has 0 aliphatic carbocycles. The standard InChI is InChI=1S/C12H13N5O/c1-2-14-10-4-3-9(7-16-10)12(18)17-11-8-13-5-6-15-11/h3-8H,2H2,1H3,(H,14,16)(H,15,17,18). The third-order valence-electron chi connectivity index (χ3n) is 2.19. The molecular formula is C12H13N5O. The highest BCUT2D eigenvalue weighted by Crippen LogP contribution is 2.07. The van der Waals surface area contributed by atoms with E-state index in [1.165, 1.54) is 18.6 Å². The largest absolute Gasteiger partial charge is 0.370 e. The van der Waals surface area contributed by atoms with Crippen molar-refractivity contribution in [2.45, 2.75) is 6.92 Å². The Labute approximate surface area is 105 Å². The number of hydrogen-bond acceptors (Lipinski definition) is 5. The normalized spacial score (nSPS) is 9.83. The Kier molecular flexibility index (Phi) is 3.80. The number of nitrogens with zero attached hydrogens (tertiary/aromatic N) is 3. The van der Waals surface area contributed by atoms with Gasteiger partial charge in [0.15, 0.2) is 5.82 Å². The van der Waals surface area contributed by atoms with E-state index in [1.54, 1.807) is 18.3 Å². The molecule has 0 saturated heterocycles. The van der Waals surface area contributed by atoms with Crippen LogP contribution in [-0.4, -0.2) is 27.4 Å². The van der Waals surface area contributed by atoms with E-state index in [1.807, 2.05) is 6.92 Å². The molecular weight excluding hydrogens is 230 g/mol. The molecule has 1 amide bonds. The summed E-state index contributed by atoms with van der Waals surface area (Å²) in [4.78, 5) is 23.8. The molecule has 0 unspecified atom stereocenters. The molecule has 0 bridgehead atoms. The molecule has 0 radical (unpaired) electrons. The SMILES string of the molecule is CCNc1ccc(C(=O)Nc2cnccn2)cn1. The second-order valence-electron chi connectivity index (χ2n) is 3.51. The molecule has 0 saturated carbocycles. The molecule has 2 N–H and O–H groups in total. The summed E-state index contributed by atoms with van der Waals surface area (Å²) >= 11 is 0. The Hall–Kier alpha value is -2.50. The minimum Gasteiger partial charge on any atom is -0.370 e. The molecule has 0 aliphatic rings. The van der Waals surface area contributed by atoms with E-state index in [-0.39, 0.29) is 5.91 Å². The third-order valence-corrected chi connectivity index (χ3v) is 2.19. The van der Waals surface area contributed by atoms with Gasteiger partial charge in [0.05, 0.1) is 11.8 Å². The Morgan fingerprint density at radius 3 is 2.67 bits per heavy atom. The van der Waals surface area contributed by atoms with Gasteiger partial charge in [0.1, 0.15) is 5.82 Å². The maximum Gasteiger partial charge on any atom is 0.258 e. The molecule has 92 valence electrons. The summed E-state index contributed by atoms with van der Waals surface area (Å²) in [6.45, 7) is 2.77. The van der Waals surface area contributed by atoms with Gasteiger partial charge in [0.25, 0.3) is 5.91 Å². The Balaban J connectivity index is 2.05. The maximum absolute atomic E-state index is 11.8. The smallest absolute Gasteiger partial charge is 0.258 e. The van der Waals surface area contributed by atoms with Crippen LogP contribution in [0.4, 0.5) is 11.6 Å². The predicted molar refractivity (Wildman–Crippen MR) is 68.4 cm³/mol. The van der Waals surface area contributed by atoms with Crippen molar-refractivity contribution in [2.24, 2.45) is 0 Å². The maximum atomic E-state index is 11.8. The van der Waals surface area contributed by atoms with Crippen molar-refractivity contribution in [3.8, 4) is 0 Å². The zero-order valence-corrected chi connectivity index (χ0v) is 9.92. The summed E-state index contributed by atoms with van der Waals surface area (Å²) in [7, 11) is 0. The van der Waals surface area contributed by atoms with Crippen LogP contribution in [0.15, 0.2) is 36.9 Å². The lowest BCUT2D eigenvalue weighted by atomic mass is 10.2. The lowest BCUT2D eigenvalue weighted by Gasteiger charge is -2.05. The van der Waals surface area contributed by atoms with Crippen LogP contribution in [-0.2, 0) is 0 Å². The Bertz CT molecular complexity index is 512. The average Bonchev–Trinajstić information content (AvgIpc) is 2.41. The zero-order chi connectivity index (χ0) is 12.8. The van der Waals surface area contributed by atoms with E-state index in [0.29, 0.717) is 11.4 Å². The minimum absolute atomic E-state index is 0.258. The van der Waals surface area contributed by atoms with Crippen LogP contribution in [0.5, 0.6) is 0 Å². The van der Waals surface area contributed by atoms with E-state index < -0.39 is 0 Å². The lowest BCUT2D eigenvalue weighted by molar-refractivity contribution is 0.102. The molecule has 0 aliphatic heterocycles. The minimum atomic E-state index is -0.258. The molecule has 18 heavy (non-hydrogen) atoms. The monoisotopic (exact) mass is 243 g/mol. The second-order valence-corrected chi connectivity index (χ2v) is 3.51. The van der Waals surface area contributed by atoms with Gasteiger partial charge in [-0.25, -0.2) is 9.97 Å². The van der Waals surface area contributed by atoms with Crippen molar-refractivity contribution in [1.29, 1.82) is 0 Å². The first-order valence-electron chi connectivity index (χ1n) is 5.57. The Morgan fingerprint density at radius 1 is 1.17 bits per heavy atom. The topological polar surface area (TPSA) is 79.8 Å². The highest BCUT2D eigenvalue weighted by Gasteiger charge is 2.07. The average molecular weight is 243 g/mol. The zero-order valence-electron chi connectivity index (χ0n) is 9.92. The number of nitrogens with one attached hydrogen (secondary N) is 2. The van der Waals surface area contributed by atoms with Gasteiger partial charge < -0.3 is 10.6 Å². The van der Waals surface area contributed by atoms with Crippen LogP contribution in [0.3, 0.4) is 0 Å². The summed E-state index contributed by atoms with van der Waals surface area (Å²) in [5.74, 6) is 0.901. The number of rotatable bonds is 4. The lowest BCUT2D eigenvalue weighted by Crippen LogP contribution is -2.13. The van der Waals surface area contributed by atoms with E-state index in [0.717, 1.165) is 12.4 Å². The predicted octanol–water partition coefficient (Wildman–Crippen LogP) is 1.56. The number of amides is 1. The first-order chi connectivity index (χ1) is 8.79. The molecule has 0 fully saturated rings. The van der Waals surface area contributed by atoms with E-state index in [9.17, 15) is 4.79 Å². The number of pyridine rings is 1. The van der Waals surface area contributed by atoms with E-state index in [4.69, 9.17) is 0 Å². The van der Waals surface area contributed by atoms with Crippen LogP contribution < -0.4 is 10.6 Å². The van der Waals surface area contributed by atoms with Crippen molar-refractivity contribution in [1.82, 2.24) is 15.0 Å². The molecule has 0 spiro atoms. The molecule has 2 aromatic rings. The summed E-state index contributed by atoms with van der Waals surface area (Å²) in [6, 6.07) is 3.46. The molecule has 2 rings (SSSR count). The summed E-state index contributed by atoms with van der Waals surface area (Å²) in [5.41, 5.74) is 0.474. The molecule has 6 nitrogen and oxygen atoms in total. The summed E-state index contributed by atoms with van der Waals surface area (Å²) in [6.07, 6.45) is 6.06. The van der Waals surface area contributed by atoms with E-state index in [2.05, 4.69) is 25.6 Å². The van der Waals surface area contributed by atoms with Gasteiger partial charge in [0, 0.05) is 25.1 Å². The fraction of sp³-hybridized carbons (Fsp3) is 0.167. The molecule has 0 atom stereocenters.